The second kappa shape index (κ2) is 5.85. The van der Waals surface area contributed by atoms with E-state index in [2.05, 4.69) is 26.6 Å². The molecule has 0 unspecified atom stereocenters. The molecule has 0 spiro atoms. The number of carbonyl (C=O) groups is 1. The number of amides is 1. The van der Waals surface area contributed by atoms with Crippen LogP contribution in [0.15, 0.2) is 40.9 Å². The predicted octanol–water partition coefficient (Wildman–Crippen LogP) is 4.20. The number of benzene rings is 2. The second-order valence-electron chi connectivity index (χ2n) is 4.99. The molecule has 0 atom stereocenters. The Hall–Kier alpha value is -1.88. The minimum absolute atomic E-state index is 0.293. The Labute approximate surface area is 130 Å². The average molecular weight is 349 g/mol. The van der Waals surface area contributed by atoms with E-state index in [0.29, 0.717) is 15.7 Å². The van der Waals surface area contributed by atoms with Gasteiger partial charge in [-0.2, -0.15) is 0 Å². The van der Waals surface area contributed by atoms with E-state index >= 15 is 0 Å². The fraction of sp³-hybridized carbons (Fsp3) is 0.188. The molecule has 0 saturated heterocycles. The van der Waals surface area contributed by atoms with Gasteiger partial charge in [-0.15, -0.1) is 0 Å². The summed E-state index contributed by atoms with van der Waals surface area (Å²) in [6.07, 6.45) is 2.17. The number of hydrogen-bond acceptors (Lipinski definition) is 2. The zero-order chi connectivity index (χ0) is 14.8. The molecule has 21 heavy (non-hydrogen) atoms. The van der Waals surface area contributed by atoms with Gasteiger partial charge in [-0.05, 0) is 64.7 Å². The van der Waals surface area contributed by atoms with Crippen LogP contribution in [0, 0.1) is 5.82 Å². The zero-order valence-corrected chi connectivity index (χ0v) is 12.8. The number of hydrogen-bond donors (Lipinski definition) is 2. The van der Waals surface area contributed by atoms with Crippen LogP contribution in [0.5, 0.6) is 0 Å². The highest BCUT2D eigenvalue weighted by atomic mass is 79.9. The molecule has 2 N–H and O–H groups in total. The number of halogens is 2. The monoisotopic (exact) mass is 348 g/mol. The summed E-state index contributed by atoms with van der Waals surface area (Å²) in [6.45, 7) is 0.947. The van der Waals surface area contributed by atoms with Gasteiger partial charge in [-0.1, -0.05) is 6.07 Å². The summed E-state index contributed by atoms with van der Waals surface area (Å²) < 4.78 is 13.8. The van der Waals surface area contributed by atoms with Gasteiger partial charge in [-0.25, -0.2) is 4.39 Å². The molecule has 5 heteroatoms. The van der Waals surface area contributed by atoms with E-state index in [1.807, 2.05) is 18.2 Å². The molecule has 0 fully saturated rings. The number of nitrogens with one attached hydrogen (secondary N) is 2. The van der Waals surface area contributed by atoms with Gasteiger partial charge in [0.25, 0.3) is 5.91 Å². The first-order chi connectivity index (χ1) is 10.1. The Morgan fingerprint density at radius 2 is 2.10 bits per heavy atom. The van der Waals surface area contributed by atoms with Gasteiger partial charge in [0.2, 0.25) is 0 Å². The van der Waals surface area contributed by atoms with Gasteiger partial charge in [0.05, 0.1) is 4.47 Å². The van der Waals surface area contributed by atoms with Gasteiger partial charge in [0.15, 0.2) is 0 Å². The van der Waals surface area contributed by atoms with E-state index in [9.17, 15) is 9.18 Å². The lowest BCUT2D eigenvalue weighted by molar-refractivity contribution is 0.102. The van der Waals surface area contributed by atoms with Crippen LogP contribution in [0.3, 0.4) is 0 Å². The summed E-state index contributed by atoms with van der Waals surface area (Å²) in [7, 11) is 0. The summed E-state index contributed by atoms with van der Waals surface area (Å²) >= 11 is 3.07. The molecule has 3 nitrogen and oxygen atoms in total. The lowest BCUT2D eigenvalue weighted by Gasteiger charge is -2.18. The minimum Gasteiger partial charge on any atom is -0.385 e. The molecule has 1 heterocycles. The van der Waals surface area contributed by atoms with Crippen molar-refractivity contribution >= 4 is 33.2 Å². The third-order valence-corrected chi connectivity index (χ3v) is 4.13. The standard InChI is InChI=1S/C16H14BrFN2O/c17-13-6-4-11(8-14(13)18)16(21)20-12-5-3-10-2-1-7-19-15(10)9-12/h3-6,8-9,19H,1-2,7H2,(H,20,21). The van der Waals surface area contributed by atoms with Crippen molar-refractivity contribution in [1.82, 2.24) is 0 Å². The number of aryl methyl sites for hydroxylation is 1. The van der Waals surface area contributed by atoms with Crippen molar-refractivity contribution < 1.29 is 9.18 Å². The molecule has 0 bridgehead atoms. The molecular formula is C16H14BrFN2O. The Morgan fingerprint density at radius 3 is 2.90 bits per heavy atom. The van der Waals surface area contributed by atoms with E-state index < -0.39 is 5.82 Å². The van der Waals surface area contributed by atoms with E-state index in [4.69, 9.17) is 0 Å². The number of carbonyl (C=O) groups excluding carboxylic acids is 1. The topological polar surface area (TPSA) is 41.1 Å². The molecule has 0 saturated carbocycles. The smallest absolute Gasteiger partial charge is 0.255 e. The Bertz CT molecular complexity index is 703. The van der Waals surface area contributed by atoms with Gasteiger partial charge in [-0.3, -0.25) is 4.79 Å². The molecule has 1 aliphatic rings. The maximum atomic E-state index is 13.5. The van der Waals surface area contributed by atoms with E-state index in [0.717, 1.165) is 25.1 Å². The van der Waals surface area contributed by atoms with Crippen LogP contribution >= 0.6 is 15.9 Å². The predicted molar refractivity (Wildman–Crippen MR) is 85.3 cm³/mol. The van der Waals surface area contributed by atoms with Gasteiger partial charge in [0, 0.05) is 23.5 Å². The largest absolute Gasteiger partial charge is 0.385 e. The first-order valence-electron chi connectivity index (χ1n) is 6.77. The highest BCUT2D eigenvalue weighted by Crippen LogP contribution is 2.26. The molecule has 108 valence electrons. The zero-order valence-electron chi connectivity index (χ0n) is 11.2. The summed E-state index contributed by atoms with van der Waals surface area (Å²) in [5.41, 5.74) is 3.31. The number of anilines is 2. The first kappa shape index (κ1) is 14.1. The summed E-state index contributed by atoms with van der Waals surface area (Å²) in [6, 6.07) is 10.1. The molecule has 3 rings (SSSR count). The maximum Gasteiger partial charge on any atom is 0.255 e. The van der Waals surface area contributed by atoms with E-state index in [1.54, 1.807) is 6.07 Å². The Kier molecular flexibility index (Phi) is 3.92. The third kappa shape index (κ3) is 3.08. The van der Waals surface area contributed by atoms with Crippen molar-refractivity contribution in [2.75, 3.05) is 17.2 Å². The normalized spacial score (nSPS) is 13.2. The Morgan fingerprint density at radius 1 is 1.24 bits per heavy atom. The van der Waals surface area contributed by atoms with Crippen LogP contribution in [0.25, 0.3) is 0 Å². The molecule has 0 aromatic heterocycles. The van der Waals surface area contributed by atoms with Crippen LogP contribution in [0.1, 0.15) is 22.3 Å². The average Bonchev–Trinajstić information content (AvgIpc) is 2.50. The molecule has 1 aliphatic heterocycles. The summed E-state index contributed by atoms with van der Waals surface area (Å²) in [5, 5.41) is 6.11. The van der Waals surface area contributed by atoms with E-state index in [-0.39, 0.29) is 5.91 Å². The molecular weight excluding hydrogens is 335 g/mol. The SMILES string of the molecule is O=C(Nc1ccc2c(c1)NCCC2)c1ccc(Br)c(F)c1. The highest BCUT2D eigenvalue weighted by Gasteiger charge is 2.12. The van der Waals surface area contributed by atoms with Gasteiger partial charge < -0.3 is 10.6 Å². The minimum atomic E-state index is -0.449. The second-order valence-corrected chi connectivity index (χ2v) is 5.84. The van der Waals surface area contributed by atoms with Crippen LogP contribution < -0.4 is 10.6 Å². The fourth-order valence-corrected chi connectivity index (χ4v) is 2.63. The van der Waals surface area contributed by atoms with E-state index in [1.165, 1.54) is 17.7 Å². The molecule has 2 aromatic rings. The summed E-state index contributed by atoms with van der Waals surface area (Å²) in [5.74, 6) is -0.771. The number of rotatable bonds is 2. The molecule has 0 radical (unpaired) electrons. The van der Waals surface area contributed by atoms with Crippen molar-refractivity contribution in [3.8, 4) is 0 Å². The third-order valence-electron chi connectivity index (χ3n) is 3.49. The van der Waals surface area contributed by atoms with Crippen molar-refractivity contribution in [3.05, 3.63) is 57.8 Å². The Balaban J connectivity index is 1.79. The van der Waals surface area contributed by atoms with Crippen LogP contribution in [-0.2, 0) is 6.42 Å². The van der Waals surface area contributed by atoms with Crippen LogP contribution in [0.4, 0.5) is 15.8 Å². The van der Waals surface area contributed by atoms with Crippen molar-refractivity contribution in [2.24, 2.45) is 0 Å². The fourth-order valence-electron chi connectivity index (χ4n) is 2.38. The molecule has 1 amide bonds. The lowest BCUT2D eigenvalue weighted by Crippen LogP contribution is -2.15. The lowest BCUT2D eigenvalue weighted by atomic mass is 10.0. The molecule has 2 aromatic carbocycles. The first-order valence-corrected chi connectivity index (χ1v) is 7.56. The number of fused-ring (bicyclic) bond motifs is 1. The van der Waals surface area contributed by atoms with Gasteiger partial charge in [0.1, 0.15) is 5.82 Å². The van der Waals surface area contributed by atoms with Crippen molar-refractivity contribution in [3.63, 3.8) is 0 Å². The maximum absolute atomic E-state index is 13.5. The molecule has 0 aliphatic carbocycles. The van der Waals surface area contributed by atoms with Crippen LogP contribution in [-0.4, -0.2) is 12.5 Å². The van der Waals surface area contributed by atoms with Crippen molar-refractivity contribution in [1.29, 1.82) is 0 Å². The summed E-state index contributed by atoms with van der Waals surface area (Å²) in [4.78, 5) is 12.1. The van der Waals surface area contributed by atoms with Gasteiger partial charge >= 0.3 is 0 Å². The van der Waals surface area contributed by atoms with Crippen molar-refractivity contribution in [2.45, 2.75) is 12.8 Å². The highest BCUT2D eigenvalue weighted by molar-refractivity contribution is 9.10. The quantitative estimate of drug-likeness (QED) is 0.853. The van der Waals surface area contributed by atoms with Crippen LogP contribution in [0.2, 0.25) is 0 Å².